The van der Waals surface area contributed by atoms with Gasteiger partial charge in [0.15, 0.2) is 6.61 Å². The largest absolute Gasteiger partial charge is 1.00 e. The first kappa shape index (κ1) is 16.1. The van der Waals surface area contributed by atoms with Crippen molar-refractivity contribution >= 4 is 23.2 Å². The van der Waals surface area contributed by atoms with E-state index in [1.807, 2.05) is 6.07 Å². The molecule has 19 heavy (non-hydrogen) atoms. The number of nitrogens with one attached hydrogen (secondary N) is 1. The lowest BCUT2D eigenvalue weighted by Gasteiger charge is -2.29. The average molecular weight is 305 g/mol. The molecule has 4 nitrogen and oxygen atoms in total. The van der Waals surface area contributed by atoms with Gasteiger partial charge >= 0.3 is 0 Å². The van der Waals surface area contributed by atoms with Crippen LogP contribution in [0.3, 0.4) is 0 Å². The first-order valence-corrected chi connectivity index (χ1v) is 6.47. The second-order valence-corrected chi connectivity index (χ2v) is 5.19. The molecule has 1 amide bonds. The molecule has 0 radical (unpaired) electrons. The second kappa shape index (κ2) is 6.98. The summed E-state index contributed by atoms with van der Waals surface area (Å²) in [5.74, 6) is 0.731. The van der Waals surface area contributed by atoms with Crippen LogP contribution in [0.4, 0.5) is 5.69 Å². The minimum atomic E-state index is -0.00137. The second-order valence-electron chi connectivity index (χ2n) is 4.76. The summed E-state index contributed by atoms with van der Waals surface area (Å²) in [5, 5.41) is 0.621. The fourth-order valence-electron chi connectivity index (χ4n) is 2.01. The van der Waals surface area contributed by atoms with Gasteiger partial charge in [-0.15, -0.1) is 0 Å². The summed E-state index contributed by atoms with van der Waals surface area (Å²) < 4.78 is 5.39. The van der Waals surface area contributed by atoms with E-state index in [-0.39, 0.29) is 24.9 Å². The molecule has 1 aromatic carbocycles. The van der Waals surface area contributed by atoms with Crippen LogP contribution in [0.5, 0.6) is 5.75 Å². The van der Waals surface area contributed by atoms with Crippen molar-refractivity contribution < 1.29 is 26.8 Å². The first-order chi connectivity index (χ1) is 8.58. The lowest BCUT2D eigenvalue weighted by molar-refractivity contribution is -0.858. The molecule has 0 aliphatic carbocycles. The topological polar surface area (TPSA) is 34.0 Å². The monoisotopic (exact) mass is 304 g/mol. The summed E-state index contributed by atoms with van der Waals surface area (Å²) in [4.78, 5) is 15.0. The van der Waals surface area contributed by atoms with E-state index < -0.39 is 0 Å². The van der Waals surface area contributed by atoms with Gasteiger partial charge < -0.3 is 26.9 Å². The van der Waals surface area contributed by atoms with E-state index >= 15 is 0 Å². The number of ether oxygens (including phenoxy) is 1. The lowest BCUT2D eigenvalue weighted by Crippen LogP contribution is -3.05. The van der Waals surface area contributed by atoms with Crippen molar-refractivity contribution in [2.45, 2.75) is 6.42 Å². The molecule has 106 valence electrons. The minimum absolute atomic E-state index is 0. The molecule has 1 heterocycles. The minimum Gasteiger partial charge on any atom is -1.00 e. The molecule has 6 heteroatoms. The number of hydrogen-bond donors (Lipinski definition) is 1. The van der Waals surface area contributed by atoms with Gasteiger partial charge in [-0.2, -0.15) is 0 Å². The number of carbonyl (C=O) groups excluding carboxylic acids is 1. The highest BCUT2D eigenvalue weighted by Crippen LogP contribution is 2.34. The normalized spacial score (nSPS) is 13.9. The van der Waals surface area contributed by atoms with E-state index in [2.05, 4.69) is 14.1 Å². The number of amides is 1. The third kappa shape index (κ3) is 4.00. The number of quaternary nitrogens is 1. The Labute approximate surface area is 124 Å². The number of halogens is 2. The summed E-state index contributed by atoms with van der Waals surface area (Å²) in [6.45, 7) is 1.85. The fourth-order valence-corrected chi connectivity index (χ4v) is 2.18. The summed E-state index contributed by atoms with van der Waals surface area (Å²) >= 11 is 5.98. The zero-order valence-electron chi connectivity index (χ0n) is 11.1. The van der Waals surface area contributed by atoms with Gasteiger partial charge in [0, 0.05) is 18.0 Å². The molecule has 0 fully saturated rings. The predicted molar refractivity (Wildman–Crippen MR) is 71.6 cm³/mol. The van der Waals surface area contributed by atoms with Crippen molar-refractivity contribution in [3.8, 4) is 5.75 Å². The van der Waals surface area contributed by atoms with Crippen LogP contribution in [0.1, 0.15) is 6.42 Å². The molecule has 1 N–H and O–H groups in total. The number of anilines is 1. The Balaban J connectivity index is 0.00000180. The smallest absolute Gasteiger partial charge is 0.265 e. The molecule has 0 unspecified atom stereocenters. The highest BCUT2D eigenvalue weighted by molar-refractivity contribution is 6.31. The number of fused-ring (bicyclic) bond motifs is 1. The van der Waals surface area contributed by atoms with Crippen molar-refractivity contribution in [1.29, 1.82) is 0 Å². The number of benzene rings is 1. The first-order valence-electron chi connectivity index (χ1n) is 6.09. The van der Waals surface area contributed by atoms with E-state index in [1.165, 1.54) is 4.90 Å². The third-order valence-electron chi connectivity index (χ3n) is 2.92. The molecule has 0 bridgehead atoms. The van der Waals surface area contributed by atoms with Gasteiger partial charge in [0.2, 0.25) is 0 Å². The third-order valence-corrected chi connectivity index (χ3v) is 3.16. The summed E-state index contributed by atoms with van der Waals surface area (Å²) in [5.41, 5.74) is 0.785. The Kier molecular flexibility index (Phi) is 5.91. The molecule has 0 spiro atoms. The molecule has 0 atom stereocenters. The van der Waals surface area contributed by atoms with Gasteiger partial charge in [0.05, 0.1) is 26.3 Å². The fraction of sp³-hybridized carbons (Fsp3) is 0.462. The molecular weight excluding hydrogens is 287 g/mol. The van der Waals surface area contributed by atoms with Crippen LogP contribution in [0, 0.1) is 0 Å². The van der Waals surface area contributed by atoms with E-state index in [1.54, 1.807) is 17.0 Å². The SMILES string of the molecule is C[NH+](C)CCCN1C(=O)COc2ccc(Cl)cc21.[Cl-]. The van der Waals surface area contributed by atoms with E-state index in [0.717, 1.165) is 24.4 Å². The zero-order valence-corrected chi connectivity index (χ0v) is 12.6. The maximum absolute atomic E-state index is 11.9. The standard InChI is InChI=1S/C13H17ClN2O2.ClH/c1-15(2)6-3-7-16-11-8-10(14)4-5-12(11)18-9-13(16)17;/h4-5,8H,3,6-7,9H2,1-2H3;1H. The quantitative estimate of drug-likeness (QED) is 0.673. The van der Waals surface area contributed by atoms with Gasteiger partial charge in [-0.25, -0.2) is 0 Å². The van der Waals surface area contributed by atoms with E-state index in [0.29, 0.717) is 11.6 Å². The highest BCUT2D eigenvalue weighted by atomic mass is 35.5. The Morgan fingerprint density at radius 3 is 2.84 bits per heavy atom. The number of hydrogen-bond acceptors (Lipinski definition) is 2. The van der Waals surface area contributed by atoms with Crippen molar-refractivity contribution in [2.24, 2.45) is 0 Å². The van der Waals surface area contributed by atoms with Gasteiger partial charge in [-0.1, -0.05) is 11.6 Å². The van der Waals surface area contributed by atoms with Gasteiger partial charge in [-0.05, 0) is 18.2 Å². The Morgan fingerprint density at radius 2 is 2.16 bits per heavy atom. The van der Waals surface area contributed by atoms with Crippen LogP contribution >= 0.6 is 11.6 Å². The molecule has 0 aromatic heterocycles. The van der Waals surface area contributed by atoms with E-state index in [4.69, 9.17) is 16.3 Å². The van der Waals surface area contributed by atoms with Crippen LogP contribution in [0.15, 0.2) is 18.2 Å². The van der Waals surface area contributed by atoms with Crippen LogP contribution < -0.4 is 26.9 Å². The number of nitrogens with zero attached hydrogens (tertiary/aromatic N) is 1. The number of carbonyl (C=O) groups is 1. The average Bonchev–Trinajstić information content (AvgIpc) is 2.31. The van der Waals surface area contributed by atoms with Crippen LogP contribution in [0.2, 0.25) is 5.02 Å². The maximum atomic E-state index is 11.9. The van der Waals surface area contributed by atoms with Crippen LogP contribution in [-0.2, 0) is 4.79 Å². The van der Waals surface area contributed by atoms with Crippen LogP contribution in [0.25, 0.3) is 0 Å². The summed E-state index contributed by atoms with van der Waals surface area (Å²) in [6.07, 6.45) is 0.958. The molecular formula is C13H18Cl2N2O2. The molecule has 0 saturated carbocycles. The van der Waals surface area contributed by atoms with Crippen LogP contribution in [-0.4, -0.2) is 39.7 Å². The van der Waals surface area contributed by atoms with Gasteiger partial charge in [-0.3, -0.25) is 4.79 Å². The van der Waals surface area contributed by atoms with Crippen molar-refractivity contribution in [2.75, 3.05) is 38.7 Å². The van der Waals surface area contributed by atoms with Crippen molar-refractivity contribution in [3.05, 3.63) is 23.2 Å². The maximum Gasteiger partial charge on any atom is 0.265 e. The molecule has 1 aliphatic rings. The number of rotatable bonds is 4. The summed E-state index contributed by atoms with van der Waals surface area (Å²) in [7, 11) is 4.21. The Bertz CT molecular complexity index is 452. The zero-order chi connectivity index (χ0) is 13.1. The Morgan fingerprint density at radius 1 is 1.42 bits per heavy atom. The van der Waals surface area contributed by atoms with Crippen molar-refractivity contribution in [1.82, 2.24) is 0 Å². The lowest BCUT2D eigenvalue weighted by atomic mass is 10.2. The predicted octanol–water partition coefficient (Wildman–Crippen LogP) is -2.40. The molecule has 2 rings (SSSR count). The Hall–Kier alpha value is -0.970. The highest BCUT2D eigenvalue weighted by Gasteiger charge is 2.25. The summed E-state index contributed by atoms with van der Waals surface area (Å²) in [6, 6.07) is 5.38. The van der Waals surface area contributed by atoms with Gasteiger partial charge in [0.1, 0.15) is 5.75 Å². The molecule has 0 saturated heterocycles. The van der Waals surface area contributed by atoms with Crippen molar-refractivity contribution in [3.63, 3.8) is 0 Å². The van der Waals surface area contributed by atoms with Gasteiger partial charge in [0.25, 0.3) is 5.91 Å². The molecule has 1 aromatic rings. The van der Waals surface area contributed by atoms with E-state index in [9.17, 15) is 4.79 Å². The molecule has 1 aliphatic heterocycles.